The molecule has 0 unspecified atom stereocenters. The van der Waals surface area contributed by atoms with Crippen LogP contribution in [-0.4, -0.2) is 31.7 Å². The summed E-state index contributed by atoms with van der Waals surface area (Å²) in [7, 11) is 2.01. The first kappa shape index (κ1) is 14.0. The summed E-state index contributed by atoms with van der Waals surface area (Å²) in [6.45, 7) is 7.63. The Labute approximate surface area is 105 Å². The van der Waals surface area contributed by atoms with Crippen LogP contribution in [0.5, 0.6) is 0 Å². The van der Waals surface area contributed by atoms with E-state index in [-0.39, 0.29) is 0 Å². The Hall–Kier alpha value is -1.09. The number of nitrogens with one attached hydrogen (secondary N) is 1. The van der Waals surface area contributed by atoms with Crippen LogP contribution in [-0.2, 0) is 0 Å². The van der Waals surface area contributed by atoms with Gasteiger partial charge in [0.05, 0.1) is 0 Å². The van der Waals surface area contributed by atoms with Gasteiger partial charge in [0.2, 0.25) is 0 Å². The number of hydrogen-bond acceptors (Lipinski definition) is 3. The maximum atomic E-state index is 4.47. The summed E-state index contributed by atoms with van der Waals surface area (Å²) in [4.78, 5) is 6.86. The lowest BCUT2D eigenvalue weighted by molar-refractivity contribution is 0.644. The molecule has 0 aliphatic heterocycles. The molecule has 1 aromatic heterocycles. The zero-order chi connectivity index (χ0) is 12.5. The first-order valence-corrected chi connectivity index (χ1v) is 6.60. The van der Waals surface area contributed by atoms with E-state index in [0.29, 0.717) is 0 Å². The standard InChI is InChI=1S/C14H25N3/c1-4-10-17(11-6-5-8-15-3)14-12-13(2)7-9-16-14/h7,9,12,15H,4-6,8,10-11H2,1-3H3. The number of hydrogen-bond donors (Lipinski definition) is 1. The normalized spacial score (nSPS) is 10.5. The number of unbranched alkanes of at least 4 members (excludes halogenated alkanes) is 1. The third-order valence-corrected chi connectivity index (χ3v) is 2.82. The van der Waals surface area contributed by atoms with Gasteiger partial charge >= 0.3 is 0 Å². The first-order chi connectivity index (χ1) is 8.27. The average molecular weight is 235 g/mol. The Kier molecular flexibility index (Phi) is 6.63. The number of aromatic nitrogens is 1. The Morgan fingerprint density at radius 3 is 2.76 bits per heavy atom. The fraction of sp³-hybridized carbons (Fsp3) is 0.643. The van der Waals surface area contributed by atoms with Gasteiger partial charge in [0, 0.05) is 19.3 Å². The Morgan fingerprint density at radius 2 is 2.12 bits per heavy atom. The van der Waals surface area contributed by atoms with Crippen molar-refractivity contribution < 1.29 is 0 Å². The molecular weight excluding hydrogens is 210 g/mol. The number of nitrogens with zero attached hydrogens (tertiary/aromatic N) is 2. The molecule has 0 aliphatic rings. The van der Waals surface area contributed by atoms with Gasteiger partial charge in [-0.05, 0) is 57.5 Å². The van der Waals surface area contributed by atoms with Crippen molar-refractivity contribution in [2.24, 2.45) is 0 Å². The molecule has 96 valence electrons. The van der Waals surface area contributed by atoms with E-state index < -0.39 is 0 Å². The SMILES string of the molecule is CCCN(CCCCNC)c1cc(C)ccn1. The van der Waals surface area contributed by atoms with Crippen LogP contribution >= 0.6 is 0 Å². The molecule has 0 atom stereocenters. The summed E-state index contributed by atoms with van der Waals surface area (Å²) in [6, 6.07) is 4.22. The van der Waals surface area contributed by atoms with Crippen LogP contribution in [0.3, 0.4) is 0 Å². The fourth-order valence-electron chi connectivity index (χ4n) is 1.91. The lowest BCUT2D eigenvalue weighted by Gasteiger charge is -2.23. The molecule has 0 saturated carbocycles. The highest BCUT2D eigenvalue weighted by Crippen LogP contribution is 2.13. The first-order valence-electron chi connectivity index (χ1n) is 6.60. The minimum atomic E-state index is 1.09. The van der Waals surface area contributed by atoms with Crippen LogP contribution in [0, 0.1) is 6.92 Å². The van der Waals surface area contributed by atoms with Gasteiger partial charge < -0.3 is 10.2 Å². The molecule has 3 heteroatoms. The molecule has 0 spiro atoms. The van der Waals surface area contributed by atoms with Crippen molar-refractivity contribution in [2.75, 3.05) is 31.6 Å². The van der Waals surface area contributed by atoms with Crippen molar-refractivity contribution in [3.05, 3.63) is 23.9 Å². The molecule has 1 heterocycles. The van der Waals surface area contributed by atoms with Crippen LogP contribution in [0.2, 0.25) is 0 Å². The van der Waals surface area contributed by atoms with E-state index >= 15 is 0 Å². The molecule has 0 radical (unpaired) electrons. The van der Waals surface area contributed by atoms with E-state index in [1.54, 1.807) is 0 Å². The molecule has 3 nitrogen and oxygen atoms in total. The second kappa shape index (κ2) is 8.07. The van der Waals surface area contributed by atoms with Crippen LogP contribution in [0.15, 0.2) is 18.3 Å². The summed E-state index contributed by atoms with van der Waals surface area (Å²) >= 11 is 0. The van der Waals surface area contributed by atoms with Crippen molar-refractivity contribution in [1.29, 1.82) is 0 Å². The maximum Gasteiger partial charge on any atom is 0.128 e. The second-order valence-electron chi connectivity index (χ2n) is 4.49. The van der Waals surface area contributed by atoms with Gasteiger partial charge in [-0.2, -0.15) is 0 Å². The maximum absolute atomic E-state index is 4.47. The van der Waals surface area contributed by atoms with E-state index in [0.717, 1.165) is 25.5 Å². The van der Waals surface area contributed by atoms with Crippen LogP contribution in [0.25, 0.3) is 0 Å². The monoisotopic (exact) mass is 235 g/mol. The van der Waals surface area contributed by atoms with E-state index in [9.17, 15) is 0 Å². The average Bonchev–Trinajstić information content (AvgIpc) is 2.33. The third-order valence-electron chi connectivity index (χ3n) is 2.82. The molecule has 0 amide bonds. The topological polar surface area (TPSA) is 28.2 Å². The second-order valence-corrected chi connectivity index (χ2v) is 4.49. The Morgan fingerprint density at radius 1 is 1.29 bits per heavy atom. The van der Waals surface area contributed by atoms with Gasteiger partial charge in [-0.1, -0.05) is 6.92 Å². The van der Waals surface area contributed by atoms with Gasteiger partial charge in [0.1, 0.15) is 5.82 Å². The quantitative estimate of drug-likeness (QED) is 0.702. The van der Waals surface area contributed by atoms with Crippen LogP contribution in [0.1, 0.15) is 31.7 Å². The summed E-state index contributed by atoms with van der Waals surface area (Å²) < 4.78 is 0. The largest absolute Gasteiger partial charge is 0.357 e. The third kappa shape index (κ3) is 5.18. The molecular formula is C14H25N3. The molecule has 1 rings (SSSR count). The van der Waals surface area contributed by atoms with Gasteiger partial charge in [-0.3, -0.25) is 0 Å². The predicted molar refractivity (Wildman–Crippen MR) is 74.6 cm³/mol. The Bertz CT molecular complexity index is 312. The highest BCUT2D eigenvalue weighted by molar-refractivity contribution is 5.40. The molecule has 0 aliphatic carbocycles. The van der Waals surface area contributed by atoms with Gasteiger partial charge in [-0.25, -0.2) is 4.98 Å². The molecule has 0 saturated heterocycles. The van der Waals surface area contributed by atoms with Crippen molar-refractivity contribution >= 4 is 5.82 Å². The summed E-state index contributed by atoms with van der Waals surface area (Å²) in [6.07, 6.45) is 5.52. The molecule has 1 aromatic rings. The molecule has 1 N–H and O–H groups in total. The number of aryl methyl sites for hydroxylation is 1. The zero-order valence-corrected chi connectivity index (χ0v) is 11.4. The van der Waals surface area contributed by atoms with Gasteiger partial charge in [-0.15, -0.1) is 0 Å². The molecule has 0 aromatic carbocycles. The van der Waals surface area contributed by atoms with E-state index in [4.69, 9.17) is 0 Å². The van der Waals surface area contributed by atoms with Gasteiger partial charge in [0.15, 0.2) is 0 Å². The summed E-state index contributed by atoms with van der Waals surface area (Å²) in [5.41, 5.74) is 1.28. The lowest BCUT2D eigenvalue weighted by Crippen LogP contribution is -2.26. The van der Waals surface area contributed by atoms with Crippen molar-refractivity contribution in [2.45, 2.75) is 33.1 Å². The van der Waals surface area contributed by atoms with E-state index in [1.807, 2.05) is 13.2 Å². The van der Waals surface area contributed by atoms with Crippen molar-refractivity contribution in [3.63, 3.8) is 0 Å². The summed E-state index contributed by atoms with van der Waals surface area (Å²) in [5.74, 6) is 1.12. The molecule has 17 heavy (non-hydrogen) atoms. The van der Waals surface area contributed by atoms with Gasteiger partial charge in [0.25, 0.3) is 0 Å². The van der Waals surface area contributed by atoms with Crippen molar-refractivity contribution in [3.8, 4) is 0 Å². The number of anilines is 1. The van der Waals surface area contributed by atoms with Crippen molar-refractivity contribution in [1.82, 2.24) is 10.3 Å². The number of pyridine rings is 1. The summed E-state index contributed by atoms with van der Waals surface area (Å²) in [5, 5.41) is 3.19. The highest BCUT2D eigenvalue weighted by Gasteiger charge is 2.06. The number of rotatable bonds is 8. The predicted octanol–water partition coefficient (Wildman–Crippen LogP) is 2.61. The lowest BCUT2D eigenvalue weighted by atomic mass is 10.2. The smallest absolute Gasteiger partial charge is 0.128 e. The zero-order valence-electron chi connectivity index (χ0n) is 11.4. The fourth-order valence-corrected chi connectivity index (χ4v) is 1.91. The minimum absolute atomic E-state index is 1.09. The van der Waals surface area contributed by atoms with Crippen LogP contribution in [0.4, 0.5) is 5.82 Å². The highest BCUT2D eigenvalue weighted by atomic mass is 15.2. The van der Waals surface area contributed by atoms with Crippen LogP contribution < -0.4 is 10.2 Å². The Balaban J connectivity index is 2.52. The minimum Gasteiger partial charge on any atom is -0.357 e. The van der Waals surface area contributed by atoms with E-state index in [1.165, 1.54) is 24.8 Å². The van der Waals surface area contributed by atoms with E-state index in [2.05, 4.69) is 41.2 Å². The molecule has 0 fully saturated rings. The molecule has 0 bridgehead atoms.